The first-order valence-corrected chi connectivity index (χ1v) is 5.66. The molecule has 0 saturated heterocycles. The molecule has 4 aliphatic rings. The van der Waals surface area contributed by atoms with Crippen molar-refractivity contribution in [3.8, 4) is 0 Å². The monoisotopic (exact) mass is 195 g/mol. The summed E-state index contributed by atoms with van der Waals surface area (Å²) in [4.78, 5) is 15.0. The lowest BCUT2D eigenvalue weighted by Gasteiger charge is -2.56. The summed E-state index contributed by atoms with van der Waals surface area (Å²) in [6.45, 7) is 0.512. The maximum Gasteiger partial charge on any atom is 0.312 e. The van der Waals surface area contributed by atoms with Crippen LogP contribution < -0.4 is 5.48 Å². The van der Waals surface area contributed by atoms with Crippen LogP contribution >= 0.6 is 0 Å². The number of carbonyl (C=O) groups is 1. The Labute approximate surface area is 84.2 Å². The van der Waals surface area contributed by atoms with Gasteiger partial charge in [-0.05, 0) is 56.3 Å². The molecule has 78 valence electrons. The minimum atomic E-state index is 0.148. The Morgan fingerprint density at radius 3 is 2.00 bits per heavy atom. The van der Waals surface area contributed by atoms with E-state index in [9.17, 15) is 4.79 Å². The molecule has 0 amide bonds. The van der Waals surface area contributed by atoms with Crippen LogP contribution in [-0.2, 0) is 9.63 Å². The van der Waals surface area contributed by atoms with Crippen molar-refractivity contribution in [2.24, 2.45) is 17.8 Å². The fraction of sp³-hybridized carbons (Fsp3) is 0.909. The van der Waals surface area contributed by atoms with Crippen molar-refractivity contribution in [3.05, 3.63) is 0 Å². The molecule has 0 aliphatic heterocycles. The van der Waals surface area contributed by atoms with Crippen LogP contribution in [0.2, 0.25) is 0 Å². The number of hydroxylamine groups is 1. The highest BCUT2D eigenvalue weighted by Gasteiger charge is 2.51. The zero-order chi connectivity index (χ0) is 9.60. The summed E-state index contributed by atoms with van der Waals surface area (Å²) in [7, 11) is 0. The van der Waals surface area contributed by atoms with E-state index < -0.39 is 0 Å². The second-order valence-corrected chi connectivity index (χ2v) is 5.51. The van der Waals surface area contributed by atoms with Gasteiger partial charge in [0.05, 0.1) is 5.54 Å². The van der Waals surface area contributed by atoms with Gasteiger partial charge in [0.15, 0.2) is 0 Å². The molecule has 0 aromatic rings. The van der Waals surface area contributed by atoms with E-state index in [0.717, 1.165) is 17.8 Å². The molecule has 4 bridgehead atoms. The Balaban J connectivity index is 1.77. The summed E-state index contributed by atoms with van der Waals surface area (Å²) in [5.41, 5.74) is 3.16. The molecule has 1 N–H and O–H groups in total. The average Bonchev–Trinajstić information content (AvgIpc) is 2.12. The maximum absolute atomic E-state index is 10.2. The lowest BCUT2D eigenvalue weighted by atomic mass is 9.53. The molecule has 0 unspecified atom stereocenters. The van der Waals surface area contributed by atoms with Crippen LogP contribution in [0.5, 0.6) is 0 Å². The van der Waals surface area contributed by atoms with Gasteiger partial charge in [-0.1, -0.05) is 0 Å². The Kier molecular flexibility index (Phi) is 1.84. The first-order chi connectivity index (χ1) is 6.80. The van der Waals surface area contributed by atoms with Gasteiger partial charge in [-0.25, -0.2) is 0 Å². The summed E-state index contributed by atoms with van der Waals surface area (Å²) in [6, 6.07) is 0. The smallest absolute Gasteiger partial charge is 0.312 e. The molecular formula is C11H17NO2. The Morgan fingerprint density at radius 1 is 1.07 bits per heavy atom. The zero-order valence-electron chi connectivity index (χ0n) is 8.37. The highest BCUT2D eigenvalue weighted by Crippen LogP contribution is 2.55. The van der Waals surface area contributed by atoms with Gasteiger partial charge < -0.3 is 4.84 Å². The molecule has 4 fully saturated rings. The van der Waals surface area contributed by atoms with Gasteiger partial charge in [0.2, 0.25) is 0 Å². The molecule has 0 aromatic heterocycles. The summed E-state index contributed by atoms with van der Waals surface area (Å²) in [5.74, 6) is 2.68. The summed E-state index contributed by atoms with van der Waals surface area (Å²) in [5, 5.41) is 0. The van der Waals surface area contributed by atoms with Gasteiger partial charge in [0.25, 0.3) is 0 Å². The van der Waals surface area contributed by atoms with E-state index in [4.69, 9.17) is 4.84 Å². The highest BCUT2D eigenvalue weighted by molar-refractivity contribution is 5.36. The molecule has 0 aromatic carbocycles. The largest absolute Gasteiger partial charge is 0.373 e. The minimum Gasteiger partial charge on any atom is -0.373 e. The molecule has 4 rings (SSSR count). The first-order valence-electron chi connectivity index (χ1n) is 5.66. The molecule has 14 heavy (non-hydrogen) atoms. The third kappa shape index (κ3) is 1.26. The van der Waals surface area contributed by atoms with Crippen LogP contribution in [0.15, 0.2) is 0 Å². The number of rotatable bonds is 3. The van der Waals surface area contributed by atoms with Crippen molar-refractivity contribution in [1.82, 2.24) is 5.48 Å². The van der Waals surface area contributed by atoms with Crippen molar-refractivity contribution >= 4 is 6.47 Å². The van der Waals surface area contributed by atoms with Crippen LogP contribution in [0.3, 0.4) is 0 Å². The fourth-order valence-electron chi connectivity index (χ4n) is 4.38. The summed E-state index contributed by atoms with van der Waals surface area (Å²) in [6.07, 6.45) is 7.90. The van der Waals surface area contributed by atoms with Gasteiger partial charge in [-0.15, -0.1) is 5.48 Å². The molecular weight excluding hydrogens is 178 g/mol. The van der Waals surface area contributed by atoms with Gasteiger partial charge >= 0.3 is 6.47 Å². The zero-order valence-corrected chi connectivity index (χ0v) is 8.37. The predicted molar refractivity (Wildman–Crippen MR) is 51.2 cm³/mol. The van der Waals surface area contributed by atoms with Crippen LogP contribution in [-0.4, -0.2) is 12.0 Å². The lowest BCUT2D eigenvalue weighted by molar-refractivity contribution is -0.150. The van der Waals surface area contributed by atoms with Crippen LogP contribution in [0.4, 0.5) is 0 Å². The summed E-state index contributed by atoms with van der Waals surface area (Å²) < 4.78 is 0. The number of nitrogens with one attached hydrogen (secondary N) is 1. The third-order valence-corrected chi connectivity index (χ3v) is 4.36. The van der Waals surface area contributed by atoms with E-state index in [1.54, 1.807) is 0 Å². The topological polar surface area (TPSA) is 38.3 Å². The second-order valence-electron chi connectivity index (χ2n) is 5.51. The molecule has 4 saturated carbocycles. The van der Waals surface area contributed by atoms with Crippen LogP contribution in [0.25, 0.3) is 0 Å². The fourth-order valence-corrected chi connectivity index (χ4v) is 4.38. The molecule has 0 spiro atoms. The number of hydrogen-bond acceptors (Lipinski definition) is 3. The van der Waals surface area contributed by atoms with E-state index in [-0.39, 0.29) is 5.54 Å². The van der Waals surface area contributed by atoms with Gasteiger partial charge in [-0.2, -0.15) is 0 Å². The second kappa shape index (κ2) is 2.96. The van der Waals surface area contributed by atoms with Crippen molar-refractivity contribution in [2.45, 2.75) is 44.1 Å². The summed E-state index contributed by atoms with van der Waals surface area (Å²) >= 11 is 0. The standard InChI is InChI=1S/C11H17NO2/c13-7-14-12-11-4-8-1-9(5-11)3-10(2-8)6-11/h7-10,12H,1-6H2. The Hall–Kier alpha value is -0.570. The maximum atomic E-state index is 10.2. The molecule has 3 nitrogen and oxygen atoms in total. The highest BCUT2D eigenvalue weighted by atomic mass is 16.7. The van der Waals surface area contributed by atoms with Crippen molar-refractivity contribution in [3.63, 3.8) is 0 Å². The normalized spacial score (nSPS) is 49.3. The van der Waals surface area contributed by atoms with E-state index in [1.165, 1.54) is 38.5 Å². The molecule has 0 heterocycles. The van der Waals surface area contributed by atoms with E-state index in [2.05, 4.69) is 5.48 Å². The molecule has 0 radical (unpaired) electrons. The molecule has 0 atom stereocenters. The third-order valence-electron chi connectivity index (χ3n) is 4.36. The SMILES string of the molecule is O=CONC12CC3CC(CC(C3)C1)C2. The van der Waals surface area contributed by atoms with Gasteiger partial charge in [0.1, 0.15) is 0 Å². The van der Waals surface area contributed by atoms with E-state index in [1.807, 2.05) is 0 Å². The lowest BCUT2D eigenvalue weighted by Crippen LogP contribution is -2.58. The van der Waals surface area contributed by atoms with E-state index in [0.29, 0.717) is 6.47 Å². The molecule has 3 heteroatoms. The van der Waals surface area contributed by atoms with Gasteiger partial charge in [0, 0.05) is 0 Å². The van der Waals surface area contributed by atoms with Crippen LogP contribution in [0.1, 0.15) is 38.5 Å². The first kappa shape index (κ1) is 8.72. The van der Waals surface area contributed by atoms with Crippen molar-refractivity contribution < 1.29 is 9.63 Å². The van der Waals surface area contributed by atoms with Crippen LogP contribution in [0, 0.1) is 17.8 Å². The number of carbonyl (C=O) groups excluding carboxylic acids is 1. The Morgan fingerprint density at radius 2 is 1.57 bits per heavy atom. The molecule has 4 aliphatic carbocycles. The van der Waals surface area contributed by atoms with E-state index >= 15 is 0 Å². The predicted octanol–water partition coefficient (Wildman–Crippen LogP) is 1.63. The van der Waals surface area contributed by atoms with Crippen molar-refractivity contribution in [1.29, 1.82) is 0 Å². The average molecular weight is 195 g/mol. The quantitative estimate of drug-likeness (QED) is 0.549. The minimum absolute atomic E-state index is 0.148. The van der Waals surface area contributed by atoms with Crippen molar-refractivity contribution in [2.75, 3.05) is 0 Å². The van der Waals surface area contributed by atoms with Gasteiger partial charge in [-0.3, -0.25) is 4.79 Å². The Bertz CT molecular complexity index is 216. The number of hydrogen-bond donors (Lipinski definition) is 1.